The second kappa shape index (κ2) is 4.96. The summed E-state index contributed by atoms with van der Waals surface area (Å²) in [5.41, 5.74) is 0. The van der Waals surface area contributed by atoms with Crippen LogP contribution in [0.4, 0.5) is 0 Å². The van der Waals surface area contributed by atoms with Gasteiger partial charge in [-0.05, 0) is 67.8 Å². The van der Waals surface area contributed by atoms with E-state index in [0.29, 0.717) is 5.92 Å². The predicted octanol–water partition coefficient (Wildman–Crippen LogP) is 4.09. The van der Waals surface area contributed by atoms with Crippen molar-refractivity contribution in [2.45, 2.75) is 47.0 Å². The van der Waals surface area contributed by atoms with Gasteiger partial charge < -0.3 is 0 Å². The fraction of sp³-hybridized carbons (Fsp3) is 0.812. The van der Waals surface area contributed by atoms with Crippen LogP contribution in [0.15, 0.2) is 12.2 Å². The Balaban J connectivity index is 2.12. The summed E-state index contributed by atoms with van der Waals surface area (Å²) in [6, 6.07) is 0. The van der Waals surface area contributed by atoms with E-state index < -0.39 is 0 Å². The molecule has 0 heterocycles. The fourth-order valence-corrected chi connectivity index (χ4v) is 4.15. The lowest BCUT2D eigenvalue weighted by Gasteiger charge is -2.51. The van der Waals surface area contributed by atoms with Gasteiger partial charge in [-0.25, -0.2) is 0 Å². The van der Waals surface area contributed by atoms with Crippen LogP contribution in [-0.4, -0.2) is 5.78 Å². The summed E-state index contributed by atoms with van der Waals surface area (Å²) in [6.45, 7) is 8.79. The van der Waals surface area contributed by atoms with E-state index in [-0.39, 0.29) is 5.78 Å². The molecule has 0 radical (unpaired) electrons. The monoisotopic (exact) mass is 234 g/mol. The molecule has 2 bridgehead atoms. The molecule has 0 amide bonds. The van der Waals surface area contributed by atoms with Crippen molar-refractivity contribution < 1.29 is 4.79 Å². The van der Waals surface area contributed by atoms with Crippen molar-refractivity contribution in [2.24, 2.45) is 35.5 Å². The Labute approximate surface area is 106 Å². The third kappa shape index (κ3) is 2.64. The minimum absolute atomic E-state index is 0.195. The summed E-state index contributed by atoms with van der Waals surface area (Å²) in [6.07, 6.45) is 8.13. The SMILES string of the molecule is CC(=O)/C=C/[C@@H]1C[C@H]2C[C@H](C(C)C)[C@H]1C[C@H]2C. The van der Waals surface area contributed by atoms with Crippen LogP contribution < -0.4 is 0 Å². The highest BCUT2D eigenvalue weighted by atomic mass is 16.1. The van der Waals surface area contributed by atoms with Crippen molar-refractivity contribution in [3.05, 3.63) is 12.2 Å². The van der Waals surface area contributed by atoms with Crippen LogP contribution in [0.5, 0.6) is 0 Å². The zero-order chi connectivity index (χ0) is 12.6. The van der Waals surface area contributed by atoms with Crippen LogP contribution in [0.2, 0.25) is 0 Å². The second-order valence-electron chi connectivity index (χ2n) is 6.65. The van der Waals surface area contributed by atoms with E-state index >= 15 is 0 Å². The summed E-state index contributed by atoms with van der Waals surface area (Å²) in [4.78, 5) is 11.1. The molecular formula is C16H26O. The normalized spacial score (nSPS) is 41.4. The Morgan fingerprint density at radius 1 is 1.24 bits per heavy atom. The van der Waals surface area contributed by atoms with Gasteiger partial charge in [0.05, 0.1) is 0 Å². The Bertz CT molecular complexity index is 315. The summed E-state index contributed by atoms with van der Waals surface area (Å²) in [5.74, 6) is 5.16. The van der Waals surface area contributed by atoms with Crippen LogP contribution in [0.25, 0.3) is 0 Å². The van der Waals surface area contributed by atoms with Gasteiger partial charge in [0, 0.05) is 0 Å². The third-order valence-electron chi connectivity index (χ3n) is 5.13. The molecule has 3 aliphatic rings. The maximum absolute atomic E-state index is 11.1. The average molecular weight is 234 g/mol. The van der Waals surface area contributed by atoms with Crippen molar-refractivity contribution in [2.75, 3.05) is 0 Å². The molecule has 96 valence electrons. The van der Waals surface area contributed by atoms with Gasteiger partial charge in [-0.15, -0.1) is 0 Å². The Kier molecular flexibility index (Phi) is 3.75. The lowest BCUT2D eigenvalue weighted by atomic mass is 9.54. The first kappa shape index (κ1) is 12.9. The van der Waals surface area contributed by atoms with E-state index in [0.717, 1.165) is 29.6 Å². The first-order chi connectivity index (χ1) is 7.99. The maximum Gasteiger partial charge on any atom is 0.152 e. The molecule has 1 nitrogen and oxygen atoms in total. The number of carbonyl (C=O) groups excluding carboxylic acids is 1. The van der Waals surface area contributed by atoms with E-state index in [4.69, 9.17) is 0 Å². The fourth-order valence-electron chi connectivity index (χ4n) is 4.15. The van der Waals surface area contributed by atoms with E-state index in [1.54, 1.807) is 13.0 Å². The van der Waals surface area contributed by atoms with Crippen LogP contribution in [0.1, 0.15) is 47.0 Å². The summed E-state index contributed by atoms with van der Waals surface area (Å²) in [7, 11) is 0. The van der Waals surface area contributed by atoms with E-state index in [9.17, 15) is 4.79 Å². The lowest BCUT2D eigenvalue weighted by Crippen LogP contribution is -2.43. The molecule has 0 aliphatic heterocycles. The maximum atomic E-state index is 11.1. The van der Waals surface area contributed by atoms with Gasteiger partial charge in [-0.1, -0.05) is 26.8 Å². The Morgan fingerprint density at radius 3 is 2.47 bits per heavy atom. The number of rotatable bonds is 3. The minimum Gasteiger partial charge on any atom is -0.295 e. The van der Waals surface area contributed by atoms with Gasteiger partial charge in [0.2, 0.25) is 0 Å². The summed E-state index contributed by atoms with van der Waals surface area (Å²) < 4.78 is 0. The zero-order valence-corrected chi connectivity index (χ0v) is 11.6. The zero-order valence-electron chi connectivity index (χ0n) is 11.6. The topological polar surface area (TPSA) is 17.1 Å². The van der Waals surface area contributed by atoms with Gasteiger partial charge in [-0.3, -0.25) is 4.79 Å². The number of hydrogen-bond acceptors (Lipinski definition) is 1. The van der Waals surface area contributed by atoms with Crippen LogP contribution >= 0.6 is 0 Å². The minimum atomic E-state index is 0.195. The van der Waals surface area contributed by atoms with Crippen molar-refractivity contribution >= 4 is 5.78 Å². The molecule has 0 aromatic carbocycles. The van der Waals surface area contributed by atoms with Gasteiger partial charge >= 0.3 is 0 Å². The standard InChI is InChI=1S/C16H26O/c1-10(2)15-9-14-8-13(6-5-12(4)17)16(15)7-11(14)3/h5-6,10-11,13-16H,7-9H2,1-4H3/b6-5+/t11-,13-,14+,15-,16+/m1/s1. The van der Waals surface area contributed by atoms with Gasteiger partial charge in [-0.2, -0.15) is 0 Å². The first-order valence-corrected chi connectivity index (χ1v) is 7.17. The Morgan fingerprint density at radius 2 is 1.94 bits per heavy atom. The molecular weight excluding hydrogens is 208 g/mol. The molecule has 3 fully saturated rings. The van der Waals surface area contributed by atoms with Gasteiger partial charge in [0.15, 0.2) is 5.78 Å². The van der Waals surface area contributed by atoms with Crippen molar-refractivity contribution in [1.29, 1.82) is 0 Å². The number of allylic oxidation sites excluding steroid dienone is 2. The quantitative estimate of drug-likeness (QED) is 0.672. The highest BCUT2D eigenvalue weighted by Gasteiger charge is 2.45. The Hall–Kier alpha value is -0.590. The molecule has 0 saturated heterocycles. The van der Waals surface area contributed by atoms with Crippen molar-refractivity contribution in [3.8, 4) is 0 Å². The third-order valence-corrected chi connectivity index (χ3v) is 5.13. The molecule has 0 spiro atoms. The molecule has 17 heavy (non-hydrogen) atoms. The highest BCUT2D eigenvalue weighted by molar-refractivity contribution is 5.87. The largest absolute Gasteiger partial charge is 0.295 e. The molecule has 0 unspecified atom stereocenters. The van der Waals surface area contributed by atoms with Crippen LogP contribution in [-0.2, 0) is 4.79 Å². The first-order valence-electron chi connectivity index (χ1n) is 7.17. The van der Waals surface area contributed by atoms with Crippen molar-refractivity contribution in [1.82, 2.24) is 0 Å². The highest BCUT2D eigenvalue weighted by Crippen LogP contribution is 2.53. The average Bonchev–Trinajstić information content (AvgIpc) is 2.26. The van der Waals surface area contributed by atoms with E-state index in [1.165, 1.54) is 19.3 Å². The summed E-state index contributed by atoms with van der Waals surface area (Å²) in [5, 5.41) is 0. The summed E-state index contributed by atoms with van der Waals surface area (Å²) >= 11 is 0. The van der Waals surface area contributed by atoms with E-state index in [1.807, 2.05) is 0 Å². The molecule has 3 rings (SSSR count). The number of fused-ring (bicyclic) bond motifs is 3. The smallest absolute Gasteiger partial charge is 0.152 e. The lowest BCUT2D eigenvalue weighted by molar-refractivity contribution is -0.112. The molecule has 0 aromatic rings. The molecule has 5 atom stereocenters. The second-order valence-corrected chi connectivity index (χ2v) is 6.65. The van der Waals surface area contributed by atoms with Gasteiger partial charge in [0.25, 0.3) is 0 Å². The number of hydrogen-bond donors (Lipinski definition) is 0. The molecule has 0 N–H and O–H groups in total. The molecule has 3 saturated carbocycles. The van der Waals surface area contributed by atoms with Gasteiger partial charge in [0.1, 0.15) is 0 Å². The molecule has 0 aromatic heterocycles. The number of ketones is 1. The molecule has 1 heteroatoms. The predicted molar refractivity (Wildman–Crippen MR) is 71.6 cm³/mol. The van der Waals surface area contributed by atoms with Crippen LogP contribution in [0, 0.1) is 35.5 Å². The van der Waals surface area contributed by atoms with E-state index in [2.05, 4.69) is 26.8 Å². The van der Waals surface area contributed by atoms with Crippen LogP contribution in [0.3, 0.4) is 0 Å². The van der Waals surface area contributed by atoms with Crippen molar-refractivity contribution in [3.63, 3.8) is 0 Å². The number of carbonyl (C=O) groups is 1. The molecule has 3 aliphatic carbocycles.